The standard InChI is InChI=1S/C14H15N3/c15-12-6-5-11(9-13(12)16)17-8-7-10-3-1-2-4-14(10)17/h1-6,9H,7-8,15-16H2. The maximum Gasteiger partial charge on any atom is 0.0568 e. The van der Waals surface area contributed by atoms with E-state index in [0.717, 1.165) is 18.7 Å². The Morgan fingerprint density at radius 1 is 0.941 bits per heavy atom. The lowest BCUT2D eigenvalue weighted by Gasteiger charge is -2.20. The van der Waals surface area contributed by atoms with Crippen LogP contribution in [0.1, 0.15) is 5.56 Å². The molecule has 4 N–H and O–H groups in total. The molecule has 0 spiro atoms. The molecule has 3 nitrogen and oxygen atoms in total. The summed E-state index contributed by atoms with van der Waals surface area (Å²) in [5.41, 5.74) is 16.7. The molecule has 1 aliphatic rings. The summed E-state index contributed by atoms with van der Waals surface area (Å²) in [6.45, 7) is 1.00. The molecule has 0 saturated heterocycles. The highest BCUT2D eigenvalue weighted by molar-refractivity contribution is 5.76. The number of rotatable bonds is 1. The molecule has 0 bridgehead atoms. The van der Waals surface area contributed by atoms with Crippen LogP contribution in [0.4, 0.5) is 22.7 Å². The van der Waals surface area contributed by atoms with Gasteiger partial charge in [-0.25, -0.2) is 0 Å². The van der Waals surface area contributed by atoms with Crippen molar-refractivity contribution in [3.05, 3.63) is 48.0 Å². The molecule has 0 saturated carbocycles. The predicted molar refractivity (Wildman–Crippen MR) is 72.4 cm³/mol. The molecule has 2 aromatic rings. The summed E-state index contributed by atoms with van der Waals surface area (Å²) in [4.78, 5) is 2.28. The summed E-state index contributed by atoms with van der Waals surface area (Å²) in [7, 11) is 0. The first-order valence-corrected chi connectivity index (χ1v) is 5.76. The normalized spacial score (nSPS) is 13.8. The maximum atomic E-state index is 5.86. The number of nitrogen functional groups attached to an aromatic ring is 2. The fourth-order valence-corrected chi connectivity index (χ4v) is 2.34. The highest BCUT2D eigenvalue weighted by Crippen LogP contribution is 2.35. The third-order valence-corrected chi connectivity index (χ3v) is 3.27. The van der Waals surface area contributed by atoms with Crippen LogP contribution in [0.25, 0.3) is 0 Å². The minimum Gasteiger partial charge on any atom is -0.397 e. The van der Waals surface area contributed by atoms with Gasteiger partial charge in [0.15, 0.2) is 0 Å². The molecule has 1 aliphatic heterocycles. The van der Waals surface area contributed by atoms with Gasteiger partial charge in [0.1, 0.15) is 0 Å². The van der Waals surface area contributed by atoms with Crippen molar-refractivity contribution in [2.24, 2.45) is 0 Å². The first-order valence-electron chi connectivity index (χ1n) is 5.76. The van der Waals surface area contributed by atoms with Crippen LogP contribution in [0, 0.1) is 0 Å². The van der Waals surface area contributed by atoms with Crippen LogP contribution >= 0.6 is 0 Å². The van der Waals surface area contributed by atoms with Crippen molar-refractivity contribution in [1.29, 1.82) is 0 Å². The Morgan fingerprint density at radius 3 is 2.59 bits per heavy atom. The van der Waals surface area contributed by atoms with Crippen LogP contribution in [-0.4, -0.2) is 6.54 Å². The van der Waals surface area contributed by atoms with E-state index in [1.54, 1.807) is 0 Å². The van der Waals surface area contributed by atoms with E-state index in [-0.39, 0.29) is 0 Å². The third-order valence-electron chi connectivity index (χ3n) is 3.27. The van der Waals surface area contributed by atoms with Crippen molar-refractivity contribution < 1.29 is 0 Å². The van der Waals surface area contributed by atoms with Gasteiger partial charge in [0.2, 0.25) is 0 Å². The summed E-state index contributed by atoms with van der Waals surface area (Å²) >= 11 is 0. The topological polar surface area (TPSA) is 55.3 Å². The Labute approximate surface area is 101 Å². The van der Waals surface area contributed by atoms with Gasteiger partial charge in [-0.05, 0) is 36.2 Å². The quantitative estimate of drug-likeness (QED) is 0.733. The Bertz CT molecular complexity index is 563. The highest BCUT2D eigenvalue weighted by atomic mass is 15.2. The van der Waals surface area contributed by atoms with Crippen molar-refractivity contribution in [3.8, 4) is 0 Å². The van der Waals surface area contributed by atoms with Crippen LogP contribution in [-0.2, 0) is 6.42 Å². The van der Waals surface area contributed by atoms with Gasteiger partial charge in [0.05, 0.1) is 11.4 Å². The Morgan fingerprint density at radius 2 is 1.76 bits per heavy atom. The lowest BCUT2D eigenvalue weighted by molar-refractivity contribution is 0.999. The van der Waals surface area contributed by atoms with E-state index in [4.69, 9.17) is 11.5 Å². The minimum absolute atomic E-state index is 0.640. The molecular formula is C14H15N3. The summed E-state index contributed by atoms with van der Waals surface area (Å²) < 4.78 is 0. The van der Waals surface area contributed by atoms with Crippen molar-refractivity contribution in [2.75, 3.05) is 22.9 Å². The average molecular weight is 225 g/mol. The molecule has 3 heteroatoms. The van der Waals surface area contributed by atoms with Gasteiger partial charge in [-0.3, -0.25) is 0 Å². The van der Waals surface area contributed by atoms with Crippen LogP contribution in [0.2, 0.25) is 0 Å². The van der Waals surface area contributed by atoms with E-state index in [1.807, 2.05) is 18.2 Å². The SMILES string of the molecule is Nc1ccc(N2CCc3ccccc32)cc1N. The van der Waals surface area contributed by atoms with Gasteiger partial charge in [-0.1, -0.05) is 18.2 Å². The predicted octanol–water partition coefficient (Wildman–Crippen LogP) is 2.55. The van der Waals surface area contributed by atoms with E-state index in [1.165, 1.54) is 11.3 Å². The molecule has 0 aromatic heterocycles. The van der Waals surface area contributed by atoms with Gasteiger partial charge < -0.3 is 16.4 Å². The van der Waals surface area contributed by atoms with Crippen molar-refractivity contribution >= 4 is 22.7 Å². The van der Waals surface area contributed by atoms with Crippen molar-refractivity contribution in [1.82, 2.24) is 0 Å². The second-order valence-electron chi connectivity index (χ2n) is 4.34. The summed E-state index contributed by atoms with van der Waals surface area (Å²) in [5, 5.41) is 0. The summed E-state index contributed by atoms with van der Waals surface area (Å²) in [6.07, 6.45) is 1.08. The molecule has 0 amide bonds. The van der Waals surface area contributed by atoms with Crippen molar-refractivity contribution in [3.63, 3.8) is 0 Å². The second kappa shape index (κ2) is 3.70. The molecule has 0 aliphatic carbocycles. The zero-order valence-corrected chi connectivity index (χ0v) is 9.56. The number of anilines is 4. The van der Waals surface area contributed by atoms with Crippen LogP contribution in [0.15, 0.2) is 42.5 Å². The van der Waals surface area contributed by atoms with E-state index in [0.29, 0.717) is 11.4 Å². The van der Waals surface area contributed by atoms with Gasteiger partial charge in [0.25, 0.3) is 0 Å². The molecule has 0 atom stereocenters. The monoisotopic (exact) mass is 225 g/mol. The molecule has 3 rings (SSSR count). The summed E-state index contributed by atoms with van der Waals surface area (Å²) in [6, 6.07) is 14.3. The number of hydrogen-bond donors (Lipinski definition) is 2. The van der Waals surface area contributed by atoms with Crippen LogP contribution < -0.4 is 16.4 Å². The largest absolute Gasteiger partial charge is 0.397 e. The van der Waals surface area contributed by atoms with E-state index in [2.05, 4.69) is 29.2 Å². The fourth-order valence-electron chi connectivity index (χ4n) is 2.34. The Balaban J connectivity index is 2.04. The Kier molecular flexibility index (Phi) is 2.18. The smallest absolute Gasteiger partial charge is 0.0568 e. The van der Waals surface area contributed by atoms with Gasteiger partial charge in [0, 0.05) is 17.9 Å². The number of benzene rings is 2. The van der Waals surface area contributed by atoms with E-state index in [9.17, 15) is 0 Å². The molecule has 17 heavy (non-hydrogen) atoms. The molecular weight excluding hydrogens is 210 g/mol. The number of nitrogens with two attached hydrogens (primary N) is 2. The summed E-state index contributed by atoms with van der Waals surface area (Å²) in [5.74, 6) is 0. The molecule has 86 valence electrons. The maximum absolute atomic E-state index is 5.86. The van der Waals surface area contributed by atoms with Gasteiger partial charge >= 0.3 is 0 Å². The lowest BCUT2D eigenvalue weighted by Crippen LogP contribution is -2.13. The number of fused-ring (bicyclic) bond motifs is 1. The van der Waals surface area contributed by atoms with Crippen molar-refractivity contribution in [2.45, 2.75) is 6.42 Å². The van der Waals surface area contributed by atoms with Crippen LogP contribution in [0.3, 0.4) is 0 Å². The Hall–Kier alpha value is -2.16. The molecule has 0 radical (unpaired) electrons. The molecule has 1 heterocycles. The molecule has 0 unspecified atom stereocenters. The second-order valence-corrected chi connectivity index (χ2v) is 4.34. The zero-order chi connectivity index (χ0) is 11.8. The third kappa shape index (κ3) is 1.60. The lowest BCUT2D eigenvalue weighted by atomic mass is 10.2. The van der Waals surface area contributed by atoms with E-state index < -0.39 is 0 Å². The van der Waals surface area contributed by atoms with Gasteiger partial charge in [-0.2, -0.15) is 0 Å². The first kappa shape index (κ1) is 10.0. The number of hydrogen-bond acceptors (Lipinski definition) is 3. The van der Waals surface area contributed by atoms with Crippen LogP contribution in [0.5, 0.6) is 0 Å². The fraction of sp³-hybridized carbons (Fsp3) is 0.143. The minimum atomic E-state index is 0.640. The molecule has 2 aromatic carbocycles. The van der Waals surface area contributed by atoms with E-state index >= 15 is 0 Å². The average Bonchev–Trinajstić information content (AvgIpc) is 2.76. The highest BCUT2D eigenvalue weighted by Gasteiger charge is 2.19. The number of para-hydroxylation sites is 1. The first-order chi connectivity index (χ1) is 8.25. The zero-order valence-electron chi connectivity index (χ0n) is 9.56. The number of nitrogens with zero attached hydrogens (tertiary/aromatic N) is 1. The van der Waals surface area contributed by atoms with Gasteiger partial charge in [-0.15, -0.1) is 0 Å². The molecule has 0 fully saturated rings.